The molecule has 112 valence electrons. The monoisotopic (exact) mass is 368 g/mol. The summed E-state index contributed by atoms with van der Waals surface area (Å²) < 4.78 is 10.7. The van der Waals surface area contributed by atoms with Crippen LogP contribution in [-0.2, 0) is 6.42 Å². The van der Waals surface area contributed by atoms with Crippen LogP contribution in [0.15, 0.2) is 36.4 Å². The van der Waals surface area contributed by atoms with Gasteiger partial charge in [0, 0.05) is 10.4 Å². The highest BCUT2D eigenvalue weighted by Gasteiger charge is 2.19. The van der Waals surface area contributed by atoms with E-state index in [1.807, 2.05) is 12.1 Å². The minimum absolute atomic E-state index is 0.124. The van der Waals surface area contributed by atoms with Crippen molar-refractivity contribution in [3.8, 4) is 11.5 Å². The van der Waals surface area contributed by atoms with Crippen LogP contribution in [0.2, 0.25) is 5.02 Å². The summed E-state index contributed by atoms with van der Waals surface area (Å²) in [5.41, 5.74) is 3.54. The van der Waals surface area contributed by atoms with Crippen molar-refractivity contribution in [3.63, 3.8) is 0 Å². The van der Waals surface area contributed by atoms with E-state index in [9.17, 15) is 0 Å². The van der Waals surface area contributed by atoms with Crippen LogP contribution in [0.25, 0.3) is 0 Å². The molecule has 0 saturated carbocycles. The Kier molecular flexibility index (Phi) is 5.54. The van der Waals surface area contributed by atoms with Crippen molar-refractivity contribution >= 4 is 27.5 Å². The van der Waals surface area contributed by atoms with Gasteiger partial charge < -0.3 is 9.47 Å². The van der Waals surface area contributed by atoms with Gasteiger partial charge in [0.15, 0.2) is 0 Å². The van der Waals surface area contributed by atoms with Crippen LogP contribution in [-0.4, -0.2) is 14.2 Å². The molecule has 0 fully saturated rings. The van der Waals surface area contributed by atoms with E-state index in [1.54, 1.807) is 14.2 Å². The number of benzene rings is 2. The summed E-state index contributed by atoms with van der Waals surface area (Å²) >= 11 is 10.0. The first kappa shape index (κ1) is 16.2. The number of hydrogen-bond donors (Lipinski definition) is 0. The first-order valence-corrected chi connectivity index (χ1v) is 7.96. The largest absolute Gasteiger partial charge is 0.495 e. The van der Waals surface area contributed by atoms with E-state index in [0.717, 1.165) is 12.0 Å². The summed E-state index contributed by atoms with van der Waals surface area (Å²) in [7, 11) is 3.22. The zero-order valence-corrected chi connectivity index (χ0v) is 14.7. The number of methoxy groups -OCH3 is 2. The molecule has 0 N–H and O–H groups in total. The minimum atomic E-state index is 0.124. The average molecular weight is 370 g/mol. The standard InChI is InChI=1S/C17H18BrClO2/c1-11-4-6-12(7-5-11)10-14(18)13-8-9-15(20-2)16(19)17(13)21-3/h4-9,14H,10H2,1-3H3. The highest BCUT2D eigenvalue weighted by Crippen LogP contribution is 2.42. The fraction of sp³-hybridized carbons (Fsp3) is 0.294. The maximum atomic E-state index is 6.31. The zero-order chi connectivity index (χ0) is 15.4. The number of rotatable bonds is 5. The second-order valence-electron chi connectivity index (χ2n) is 4.86. The molecule has 0 aromatic heterocycles. The SMILES string of the molecule is COc1ccc(C(Br)Cc2ccc(C)cc2)c(OC)c1Cl. The van der Waals surface area contributed by atoms with Gasteiger partial charge >= 0.3 is 0 Å². The summed E-state index contributed by atoms with van der Waals surface area (Å²) in [6.07, 6.45) is 0.860. The normalized spacial score (nSPS) is 12.0. The molecule has 0 bridgehead atoms. The third kappa shape index (κ3) is 3.72. The van der Waals surface area contributed by atoms with Gasteiger partial charge in [-0.25, -0.2) is 0 Å². The Morgan fingerprint density at radius 2 is 1.71 bits per heavy atom. The van der Waals surface area contributed by atoms with Crippen molar-refractivity contribution in [2.45, 2.75) is 18.2 Å². The first-order valence-electron chi connectivity index (χ1n) is 6.66. The molecule has 0 radical (unpaired) electrons. The topological polar surface area (TPSA) is 18.5 Å². The summed E-state index contributed by atoms with van der Waals surface area (Å²) in [4.78, 5) is 0.124. The molecular formula is C17H18BrClO2. The van der Waals surface area contributed by atoms with Crippen molar-refractivity contribution in [3.05, 3.63) is 58.1 Å². The van der Waals surface area contributed by atoms with Crippen LogP contribution in [0.3, 0.4) is 0 Å². The smallest absolute Gasteiger partial charge is 0.145 e. The van der Waals surface area contributed by atoms with Gasteiger partial charge in [-0.15, -0.1) is 0 Å². The molecule has 1 unspecified atom stereocenters. The molecule has 0 saturated heterocycles. The second-order valence-corrected chi connectivity index (χ2v) is 6.34. The summed E-state index contributed by atoms with van der Waals surface area (Å²) in [5, 5.41) is 0.505. The average Bonchev–Trinajstić information content (AvgIpc) is 2.49. The lowest BCUT2D eigenvalue weighted by Gasteiger charge is -2.17. The molecular weight excluding hydrogens is 352 g/mol. The predicted molar refractivity (Wildman–Crippen MR) is 91.1 cm³/mol. The molecule has 1 atom stereocenters. The van der Waals surface area contributed by atoms with E-state index in [4.69, 9.17) is 21.1 Å². The van der Waals surface area contributed by atoms with Gasteiger partial charge in [-0.1, -0.05) is 63.4 Å². The Bertz CT molecular complexity index is 611. The van der Waals surface area contributed by atoms with Gasteiger partial charge in [-0.2, -0.15) is 0 Å². The lowest BCUT2D eigenvalue weighted by atomic mass is 10.0. The van der Waals surface area contributed by atoms with E-state index in [2.05, 4.69) is 47.1 Å². The van der Waals surface area contributed by atoms with Crippen molar-refractivity contribution in [1.82, 2.24) is 0 Å². The van der Waals surface area contributed by atoms with Gasteiger partial charge in [0.05, 0.1) is 14.2 Å². The molecule has 2 rings (SSSR count). The number of aryl methyl sites for hydroxylation is 1. The first-order chi connectivity index (χ1) is 10.1. The molecule has 4 heteroatoms. The molecule has 2 nitrogen and oxygen atoms in total. The van der Waals surface area contributed by atoms with Crippen molar-refractivity contribution in [1.29, 1.82) is 0 Å². The Morgan fingerprint density at radius 3 is 2.29 bits per heavy atom. The number of alkyl halides is 1. The maximum Gasteiger partial charge on any atom is 0.145 e. The fourth-order valence-electron chi connectivity index (χ4n) is 2.21. The van der Waals surface area contributed by atoms with Gasteiger partial charge in [-0.05, 0) is 25.0 Å². The second kappa shape index (κ2) is 7.19. The van der Waals surface area contributed by atoms with Gasteiger partial charge in [0.25, 0.3) is 0 Å². The van der Waals surface area contributed by atoms with Crippen molar-refractivity contribution in [2.24, 2.45) is 0 Å². The van der Waals surface area contributed by atoms with Crippen LogP contribution >= 0.6 is 27.5 Å². The Balaban J connectivity index is 2.28. The number of hydrogen-bond acceptors (Lipinski definition) is 2. The van der Waals surface area contributed by atoms with Crippen molar-refractivity contribution in [2.75, 3.05) is 14.2 Å². The molecule has 0 aliphatic heterocycles. The molecule has 21 heavy (non-hydrogen) atoms. The van der Waals surface area contributed by atoms with Gasteiger partial charge in [-0.3, -0.25) is 0 Å². The van der Waals surface area contributed by atoms with E-state index in [0.29, 0.717) is 16.5 Å². The maximum absolute atomic E-state index is 6.31. The van der Waals surface area contributed by atoms with E-state index in [1.165, 1.54) is 11.1 Å². The molecule has 0 spiro atoms. The minimum Gasteiger partial charge on any atom is -0.495 e. The van der Waals surface area contributed by atoms with E-state index in [-0.39, 0.29) is 4.83 Å². The van der Waals surface area contributed by atoms with Crippen LogP contribution in [0.4, 0.5) is 0 Å². The van der Waals surface area contributed by atoms with E-state index >= 15 is 0 Å². The third-order valence-electron chi connectivity index (χ3n) is 3.39. The molecule has 0 aliphatic rings. The Hall–Kier alpha value is -1.19. The molecule has 0 amide bonds. The fourth-order valence-corrected chi connectivity index (χ4v) is 3.27. The zero-order valence-electron chi connectivity index (χ0n) is 12.3. The van der Waals surface area contributed by atoms with Crippen LogP contribution in [0.5, 0.6) is 11.5 Å². The van der Waals surface area contributed by atoms with E-state index < -0.39 is 0 Å². The lowest BCUT2D eigenvalue weighted by molar-refractivity contribution is 0.391. The number of ether oxygens (including phenoxy) is 2. The highest BCUT2D eigenvalue weighted by atomic mass is 79.9. The molecule has 0 heterocycles. The van der Waals surface area contributed by atoms with Gasteiger partial charge in [0.2, 0.25) is 0 Å². The summed E-state index contributed by atoms with van der Waals surface area (Å²) in [6, 6.07) is 12.4. The Morgan fingerprint density at radius 1 is 1.05 bits per heavy atom. The lowest BCUT2D eigenvalue weighted by Crippen LogP contribution is -2.00. The van der Waals surface area contributed by atoms with Crippen LogP contribution < -0.4 is 9.47 Å². The number of halogens is 2. The third-order valence-corrected chi connectivity index (χ3v) is 4.56. The summed E-state index contributed by atoms with van der Waals surface area (Å²) in [5.74, 6) is 1.28. The molecule has 0 aliphatic carbocycles. The quantitative estimate of drug-likeness (QED) is 0.662. The Labute approximate surface area is 139 Å². The summed E-state index contributed by atoms with van der Waals surface area (Å²) in [6.45, 7) is 2.08. The molecule has 2 aromatic rings. The van der Waals surface area contributed by atoms with Gasteiger partial charge in [0.1, 0.15) is 16.5 Å². The van der Waals surface area contributed by atoms with Crippen LogP contribution in [0.1, 0.15) is 21.5 Å². The highest BCUT2D eigenvalue weighted by molar-refractivity contribution is 9.09. The van der Waals surface area contributed by atoms with Crippen molar-refractivity contribution < 1.29 is 9.47 Å². The molecule has 2 aromatic carbocycles. The predicted octanol–water partition coefficient (Wildman–Crippen LogP) is 5.34. The van der Waals surface area contributed by atoms with Crippen LogP contribution in [0, 0.1) is 6.92 Å².